The fraction of sp³-hybridized carbons (Fsp3) is 0.400. The molecule has 166 valence electrons. The highest BCUT2D eigenvalue weighted by atomic mass is 19.3. The van der Waals surface area contributed by atoms with Gasteiger partial charge in [0, 0.05) is 65.9 Å². The van der Waals surface area contributed by atoms with Gasteiger partial charge in [-0.1, -0.05) is 11.2 Å². The normalized spacial score (nSPS) is 18.0. The van der Waals surface area contributed by atoms with Gasteiger partial charge in [-0.05, 0) is 51.7 Å². The van der Waals surface area contributed by atoms with E-state index in [0.29, 0.717) is 16.8 Å². The van der Waals surface area contributed by atoms with Crippen molar-refractivity contribution >= 4 is 11.0 Å². The standard InChI is InChI=1S/C25H26F2N4O/c1-15-4-5-19(11-28-15)21-14-31(13-18-6-8-25(26,27)9-7-18)22-10-20(12-29-24(21)22)23-16(2)30-32-17(23)3/h4-5,10-12,14,18H,6-9,13H2,1-3H3/i13D2. The van der Waals surface area contributed by atoms with Crippen molar-refractivity contribution in [3.8, 4) is 22.3 Å². The first-order chi connectivity index (χ1) is 16.1. The highest BCUT2D eigenvalue weighted by Gasteiger charge is 2.35. The molecule has 4 heterocycles. The van der Waals surface area contributed by atoms with E-state index in [0.717, 1.165) is 33.6 Å². The Morgan fingerprint density at radius 1 is 1.12 bits per heavy atom. The third-order valence-corrected chi connectivity index (χ3v) is 6.22. The molecular weight excluding hydrogens is 410 g/mol. The molecule has 0 spiro atoms. The van der Waals surface area contributed by atoms with Crippen LogP contribution in [0.4, 0.5) is 8.78 Å². The molecule has 0 atom stereocenters. The van der Waals surface area contributed by atoms with E-state index in [4.69, 9.17) is 12.2 Å². The van der Waals surface area contributed by atoms with Crippen LogP contribution in [0.3, 0.4) is 0 Å². The van der Waals surface area contributed by atoms with E-state index in [2.05, 4.69) is 10.1 Å². The minimum absolute atomic E-state index is 0.123. The summed E-state index contributed by atoms with van der Waals surface area (Å²) in [6.45, 7) is 3.70. The summed E-state index contributed by atoms with van der Waals surface area (Å²) in [5.74, 6) is -2.60. The van der Waals surface area contributed by atoms with E-state index in [9.17, 15) is 8.78 Å². The summed E-state index contributed by atoms with van der Waals surface area (Å²) < 4.78 is 52.5. The average Bonchev–Trinajstić information content (AvgIpc) is 3.33. The molecule has 1 aliphatic rings. The molecule has 7 heteroatoms. The van der Waals surface area contributed by atoms with E-state index in [-0.39, 0.29) is 25.7 Å². The Kier molecular flexibility index (Phi) is 4.50. The van der Waals surface area contributed by atoms with Crippen LogP contribution in [-0.2, 0) is 6.50 Å². The van der Waals surface area contributed by atoms with Crippen molar-refractivity contribution in [2.24, 2.45) is 5.92 Å². The topological polar surface area (TPSA) is 56.7 Å². The number of aryl methyl sites for hydroxylation is 3. The van der Waals surface area contributed by atoms with E-state index in [1.807, 2.05) is 39.0 Å². The summed E-state index contributed by atoms with van der Waals surface area (Å²) in [6, 6.07) is 5.71. The third kappa shape index (κ3) is 3.80. The maximum absolute atomic E-state index is 13.8. The smallest absolute Gasteiger partial charge is 0.248 e. The van der Waals surface area contributed by atoms with Crippen LogP contribution in [-0.4, -0.2) is 25.6 Å². The lowest BCUT2D eigenvalue weighted by Gasteiger charge is -2.28. The first-order valence-electron chi connectivity index (χ1n) is 11.8. The Labute approximate surface area is 188 Å². The number of fused-ring (bicyclic) bond motifs is 1. The van der Waals surface area contributed by atoms with E-state index >= 15 is 0 Å². The predicted molar refractivity (Wildman–Crippen MR) is 120 cm³/mol. The van der Waals surface area contributed by atoms with Crippen LogP contribution in [0.25, 0.3) is 33.3 Å². The van der Waals surface area contributed by atoms with Gasteiger partial charge < -0.3 is 9.09 Å². The molecule has 4 aromatic heterocycles. The monoisotopic (exact) mass is 438 g/mol. The van der Waals surface area contributed by atoms with Gasteiger partial charge in [0.1, 0.15) is 5.76 Å². The van der Waals surface area contributed by atoms with Gasteiger partial charge in [0.2, 0.25) is 5.92 Å². The second kappa shape index (κ2) is 7.80. The second-order valence-electron chi connectivity index (χ2n) is 8.65. The molecule has 5 nitrogen and oxygen atoms in total. The fourth-order valence-corrected chi connectivity index (χ4v) is 4.45. The summed E-state index contributed by atoms with van der Waals surface area (Å²) in [7, 11) is 0. The zero-order valence-corrected chi connectivity index (χ0v) is 18.3. The number of hydrogen-bond acceptors (Lipinski definition) is 4. The molecule has 0 unspecified atom stereocenters. The zero-order chi connectivity index (χ0) is 24.3. The highest BCUT2D eigenvalue weighted by molar-refractivity contribution is 5.94. The van der Waals surface area contributed by atoms with Gasteiger partial charge >= 0.3 is 0 Å². The van der Waals surface area contributed by atoms with Crippen molar-refractivity contribution in [3.05, 3.63) is 53.9 Å². The minimum atomic E-state index is -2.72. The van der Waals surface area contributed by atoms with Crippen molar-refractivity contribution < 1.29 is 16.0 Å². The molecule has 5 rings (SSSR count). The number of halogens is 2. The van der Waals surface area contributed by atoms with Gasteiger partial charge in [0.15, 0.2) is 0 Å². The second-order valence-corrected chi connectivity index (χ2v) is 8.65. The van der Waals surface area contributed by atoms with Gasteiger partial charge in [-0.15, -0.1) is 0 Å². The largest absolute Gasteiger partial charge is 0.361 e. The van der Waals surface area contributed by atoms with Gasteiger partial charge in [0.25, 0.3) is 0 Å². The maximum Gasteiger partial charge on any atom is 0.248 e. The average molecular weight is 439 g/mol. The predicted octanol–water partition coefficient (Wildman–Crippen LogP) is 6.50. The van der Waals surface area contributed by atoms with Crippen LogP contribution in [0.5, 0.6) is 0 Å². The molecule has 4 aromatic rings. The maximum atomic E-state index is 13.8. The summed E-state index contributed by atoms with van der Waals surface area (Å²) in [4.78, 5) is 9.10. The van der Waals surface area contributed by atoms with Gasteiger partial charge in [-0.25, -0.2) is 8.78 Å². The van der Waals surface area contributed by atoms with Crippen LogP contribution in [0.15, 0.2) is 41.3 Å². The van der Waals surface area contributed by atoms with Crippen molar-refractivity contribution in [1.82, 2.24) is 19.7 Å². The molecule has 0 aliphatic heterocycles. The molecule has 0 amide bonds. The van der Waals surface area contributed by atoms with Crippen LogP contribution >= 0.6 is 0 Å². The quantitative estimate of drug-likeness (QED) is 0.365. The van der Waals surface area contributed by atoms with Crippen LogP contribution in [0, 0.1) is 26.7 Å². The number of pyridine rings is 2. The van der Waals surface area contributed by atoms with E-state index in [1.54, 1.807) is 23.2 Å². The van der Waals surface area contributed by atoms with Crippen LogP contribution in [0.1, 0.15) is 45.6 Å². The van der Waals surface area contributed by atoms with Crippen LogP contribution in [0.2, 0.25) is 0 Å². The van der Waals surface area contributed by atoms with Gasteiger partial charge in [-0.2, -0.15) is 0 Å². The lowest BCUT2D eigenvalue weighted by atomic mass is 9.87. The molecule has 0 N–H and O–H groups in total. The minimum Gasteiger partial charge on any atom is -0.361 e. The molecule has 1 aliphatic carbocycles. The summed E-state index contributed by atoms with van der Waals surface area (Å²) in [5, 5.41) is 4.03. The first-order valence-corrected chi connectivity index (χ1v) is 10.8. The Morgan fingerprint density at radius 3 is 2.53 bits per heavy atom. The molecule has 1 fully saturated rings. The van der Waals surface area contributed by atoms with E-state index < -0.39 is 18.3 Å². The number of aromatic nitrogens is 4. The Balaban J connectivity index is 1.69. The molecule has 32 heavy (non-hydrogen) atoms. The van der Waals surface area contributed by atoms with Gasteiger partial charge in [-0.3, -0.25) is 9.97 Å². The number of alkyl halides is 2. The fourth-order valence-electron chi connectivity index (χ4n) is 4.45. The van der Waals surface area contributed by atoms with Crippen molar-refractivity contribution in [1.29, 1.82) is 0 Å². The third-order valence-electron chi connectivity index (χ3n) is 6.22. The summed E-state index contributed by atoms with van der Waals surface area (Å²) >= 11 is 0. The van der Waals surface area contributed by atoms with Crippen molar-refractivity contribution in [2.45, 2.75) is 58.9 Å². The molecule has 0 bridgehead atoms. The number of hydrogen-bond donors (Lipinski definition) is 0. The summed E-state index contributed by atoms with van der Waals surface area (Å²) in [5.41, 5.74) is 5.97. The molecular formula is C25H26F2N4O. The van der Waals surface area contributed by atoms with Crippen LogP contribution < -0.4 is 0 Å². The Hall–Kier alpha value is -3.09. The molecule has 0 aromatic carbocycles. The van der Waals surface area contributed by atoms with Crippen molar-refractivity contribution in [3.63, 3.8) is 0 Å². The molecule has 1 saturated carbocycles. The highest BCUT2D eigenvalue weighted by Crippen LogP contribution is 2.39. The Bertz CT molecular complexity index is 1330. The number of nitrogens with zero attached hydrogens (tertiary/aromatic N) is 4. The Morgan fingerprint density at radius 2 is 1.88 bits per heavy atom. The lowest BCUT2D eigenvalue weighted by Crippen LogP contribution is -2.26. The van der Waals surface area contributed by atoms with E-state index in [1.165, 1.54) is 0 Å². The number of rotatable bonds is 4. The van der Waals surface area contributed by atoms with Gasteiger partial charge in [0.05, 0.1) is 19.5 Å². The van der Waals surface area contributed by atoms with Crippen molar-refractivity contribution in [2.75, 3.05) is 0 Å². The SMILES string of the molecule is [2H]C([2H])(C1CCC(F)(F)CC1)n1cc(-c2ccc(C)nc2)c2ncc(-c3c(C)noc3C)cc21. The zero-order valence-electron chi connectivity index (χ0n) is 20.3. The molecule has 0 saturated heterocycles. The lowest BCUT2D eigenvalue weighted by molar-refractivity contribution is -0.0472. The first kappa shape index (κ1) is 18.5. The molecule has 0 radical (unpaired) electrons. The summed E-state index contributed by atoms with van der Waals surface area (Å²) in [6.07, 6.45) is 4.88.